The average molecular weight is 330 g/mol. The maximum absolute atomic E-state index is 12.0. The van der Waals surface area contributed by atoms with Gasteiger partial charge in [0.1, 0.15) is 0 Å². The fourth-order valence-corrected chi connectivity index (χ4v) is 3.55. The summed E-state index contributed by atoms with van der Waals surface area (Å²) in [6.45, 7) is 0.515. The summed E-state index contributed by atoms with van der Waals surface area (Å²) in [6.07, 6.45) is 6.68. The third-order valence-electron chi connectivity index (χ3n) is 5.42. The van der Waals surface area contributed by atoms with Gasteiger partial charge in [-0.05, 0) is 55.6 Å². The van der Waals surface area contributed by atoms with E-state index >= 15 is 0 Å². The summed E-state index contributed by atoms with van der Waals surface area (Å²) in [7, 11) is 0. The third kappa shape index (κ3) is 4.28. The molecule has 0 saturated heterocycles. The quantitative estimate of drug-likeness (QED) is 0.774. The largest absolute Gasteiger partial charge is 0.481 e. The molecule has 3 rings (SSSR count). The predicted molar refractivity (Wildman–Crippen MR) is 91.8 cm³/mol. The van der Waals surface area contributed by atoms with E-state index in [0.29, 0.717) is 19.4 Å². The van der Waals surface area contributed by atoms with Crippen LogP contribution in [0.4, 0.5) is 4.79 Å². The number of hydrogen-bond donors (Lipinski definition) is 3. The van der Waals surface area contributed by atoms with Crippen molar-refractivity contribution in [2.24, 2.45) is 5.92 Å². The van der Waals surface area contributed by atoms with Gasteiger partial charge in [0.25, 0.3) is 0 Å². The molecule has 0 aromatic heterocycles. The Bertz CT molecular complexity index is 573. The van der Waals surface area contributed by atoms with Gasteiger partial charge in [-0.2, -0.15) is 0 Å². The first-order chi connectivity index (χ1) is 11.6. The maximum Gasteiger partial charge on any atom is 0.315 e. The highest BCUT2D eigenvalue weighted by atomic mass is 16.4. The SMILES string of the molecule is O=C(NCc1ccc(C2CCC2)cc1)NC1CCC(C(=O)O)CC1. The molecule has 2 saturated carbocycles. The van der Waals surface area contributed by atoms with Gasteiger partial charge in [0.05, 0.1) is 5.92 Å². The number of hydrogen-bond acceptors (Lipinski definition) is 2. The Hall–Kier alpha value is -2.04. The molecule has 2 fully saturated rings. The minimum Gasteiger partial charge on any atom is -0.481 e. The zero-order valence-electron chi connectivity index (χ0n) is 14.0. The van der Waals surface area contributed by atoms with Crippen LogP contribution in [0.15, 0.2) is 24.3 Å². The topological polar surface area (TPSA) is 78.4 Å². The van der Waals surface area contributed by atoms with Gasteiger partial charge in [-0.15, -0.1) is 0 Å². The summed E-state index contributed by atoms with van der Waals surface area (Å²) >= 11 is 0. The summed E-state index contributed by atoms with van der Waals surface area (Å²) in [5.41, 5.74) is 2.51. The fraction of sp³-hybridized carbons (Fsp3) is 0.579. The van der Waals surface area contributed by atoms with E-state index < -0.39 is 5.97 Å². The molecule has 24 heavy (non-hydrogen) atoms. The molecule has 130 valence electrons. The average Bonchev–Trinajstić information content (AvgIpc) is 2.53. The molecule has 0 spiro atoms. The molecular formula is C19H26N2O3. The smallest absolute Gasteiger partial charge is 0.315 e. The number of aliphatic carboxylic acids is 1. The van der Waals surface area contributed by atoms with Crippen LogP contribution in [0.5, 0.6) is 0 Å². The van der Waals surface area contributed by atoms with E-state index in [2.05, 4.69) is 34.9 Å². The van der Waals surface area contributed by atoms with Crippen molar-refractivity contribution in [3.05, 3.63) is 35.4 Å². The van der Waals surface area contributed by atoms with Crippen molar-refractivity contribution in [3.8, 4) is 0 Å². The summed E-state index contributed by atoms with van der Waals surface area (Å²) in [6, 6.07) is 8.44. The normalized spacial score (nSPS) is 24.0. The lowest BCUT2D eigenvalue weighted by Crippen LogP contribution is -2.43. The minimum atomic E-state index is -0.719. The molecule has 0 bridgehead atoms. The first-order valence-electron chi connectivity index (χ1n) is 8.98. The van der Waals surface area contributed by atoms with Crippen LogP contribution in [0.2, 0.25) is 0 Å². The van der Waals surface area contributed by atoms with Crippen LogP contribution < -0.4 is 10.6 Å². The fourth-order valence-electron chi connectivity index (χ4n) is 3.55. The molecule has 5 heteroatoms. The van der Waals surface area contributed by atoms with Crippen LogP contribution in [0.25, 0.3) is 0 Å². The monoisotopic (exact) mass is 330 g/mol. The first-order valence-corrected chi connectivity index (χ1v) is 8.98. The van der Waals surface area contributed by atoms with E-state index in [0.717, 1.165) is 24.3 Å². The molecule has 2 aliphatic rings. The highest BCUT2D eigenvalue weighted by molar-refractivity contribution is 5.74. The third-order valence-corrected chi connectivity index (χ3v) is 5.42. The van der Waals surface area contributed by atoms with Gasteiger partial charge < -0.3 is 15.7 Å². The molecular weight excluding hydrogens is 304 g/mol. The highest BCUT2D eigenvalue weighted by Crippen LogP contribution is 2.36. The summed E-state index contributed by atoms with van der Waals surface area (Å²) in [5.74, 6) is -0.236. The molecule has 2 amide bonds. The van der Waals surface area contributed by atoms with Crippen LogP contribution >= 0.6 is 0 Å². The molecule has 0 radical (unpaired) electrons. The molecule has 2 aliphatic carbocycles. The van der Waals surface area contributed by atoms with Gasteiger partial charge in [0, 0.05) is 12.6 Å². The van der Waals surface area contributed by atoms with Crippen molar-refractivity contribution in [1.29, 1.82) is 0 Å². The zero-order chi connectivity index (χ0) is 16.9. The van der Waals surface area contributed by atoms with E-state index in [1.54, 1.807) is 0 Å². The van der Waals surface area contributed by atoms with E-state index in [1.165, 1.54) is 24.8 Å². The number of carboxylic acids is 1. The van der Waals surface area contributed by atoms with Crippen LogP contribution in [-0.2, 0) is 11.3 Å². The van der Waals surface area contributed by atoms with Crippen LogP contribution in [0, 0.1) is 5.92 Å². The van der Waals surface area contributed by atoms with E-state index in [1.807, 2.05) is 0 Å². The molecule has 0 aliphatic heterocycles. The molecule has 0 atom stereocenters. The second-order valence-electron chi connectivity index (χ2n) is 7.08. The van der Waals surface area contributed by atoms with Crippen molar-refractivity contribution in [2.45, 2.75) is 63.5 Å². The molecule has 3 N–H and O–H groups in total. The zero-order valence-corrected chi connectivity index (χ0v) is 14.0. The number of amides is 2. The Kier molecular flexibility index (Phi) is 5.38. The lowest BCUT2D eigenvalue weighted by atomic mass is 9.80. The lowest BCUT2D eigenvalue weighted by Gasteiger charge is -2.27. The Labute approximate surface area is 142 Å². The van der Waals surface area contributed by atoms with Crippen molar-refractivity contribution < 1.29 is 14.7 Å². The van der Waals surface area contributed by atoms with Crippen LogP contribution in [0.1, 0.15) is 62.0 Å². The standard InChI is InChI=1S/C19H26N2O3/c22-18(23)16-8-10-17(11-9-16)21-19(24)20-12-13-4-6-15(7-5-13)14-2-1-3-14/h4-7,14,16-17H,1-3,8-12H2,(H,22,23)(H2,20,21,24). The van der Waals surface area contributed by atoms with Crippen LogP contribution in [0.3, 0.4) is 0 Å². The molecule has 1 aromatic rings. The number of carboxylic acid groups (broad SMARTS) is 1. The predicted octanol–water partition coefficient (Wildman–Crippen LogP) is 3.40. The van der Waals surface area contributed by atoms with E-state index in [-0.39, 0.29) is 18.0 Å². The second kappa shape index (κ2) is 7.69. The van der Waals surface area contributed by atoms with Crippen molar-refractivity contribution in [1.82, 2.24) is 10.6 Å². The van der Waals surface area contributed by atoms with Gasteiger partial charge in [0.15, 0.2) is 0 Å². The molecule has 0 unspecified atom stereocenters. The van der Waals surface area contributed by atoms with Gasteiger partial charge in [-0.3, -0.25) is 4.79 Å². The van der Waals surface area contributed by atoms with Crippen molar-refractivity contribution in [2.75, 3.05) is 0 Å². The van der Waals surface area contributed by atoms with Crippen molar-refractivity contribution >= 4 is 12.0 Å². The van der Waals surface area contributed by atoms with E-state index in [4.69, 9.17) is 5.11 Å². The van der Waals surface area contributed by atoms with Crippen molar-refractivity contribution in [3.63, 3.8) is 0 Å². The summed E-state index contributed by atoms with van der Waals surface area (Å²) in [4.78, 5) is 22.9. The van der Waals surface area contributed by atoms with Gasteiger partial charge in [-0.25, -0.2) is 4.79 Å². The van der Waals surface area contributed by atoms with Gasteiger partial charge in [0.2, 0.25) is 0 Å². The molecule has 5 nitrogen and oxygen atoms in total. The number of carbonyl (C=O) groups excluding carboxylic acids is 1. The maximum atomic E-state index is 12.0. The highest BCUT2D eigenvalue weighted by Gasteiger charge is 2.26. The minimum absolute atomic E-state index is 0.0848. The Balaban J connectivity index is 1.38. The van der Waals surface area contributed by atoms with Gasteiger partial charge in [-0.1, -0.05) is 30.7 Å². The number of benzene rings is 1. The molecule has 1 aromatic carbocycles. The first kappa shape index (κ1) is 16.8. The summed E-state index contributed by atoms with van der Waals surface area (Å²) < 4.78 is 0. The number of urea groups is 1. The summed E-state index contributed by atoms with van der Waals surface area (Å²) in [5, 5.41) is 14.8. The molecule has 0 heterocycles. The van der Waals surface area contributed by atoms with E-state index in [9.17, 15) is 9.59 Å². The number of rotatable bonds is 5. The number of nitrogens with one attached hydrogen (secondary N) is 2. The van der Waals surface area contributed by atoms with Gasteiger partial charge >= 0.3 is 12.0 Å². The Morgan fingerprint density at radius 3 is 2.21 bits per heavy atom. The van der Waals surface area contributed by atoms with Crippen LogP contribution in [-0.4, -0.2) is 23.1 Å². The lowest BCUT2D eigenvalue weighted by molar-refractivity contribution is -0.142. The number of carbonyl (C=O) groups is 2. The Morgan fingerprint density at radius 1 is 1.00 bits per heavy atom. The Morgan fingerprint density at radius 2 is 1.67 bits per heavy atom. The second-order valence-corrected chi connectivity index (χ2v) is 7.08.